The zero-order valence-electron chi connectivity index (χ0n) is 12.0. The molecule has 0 aliphatic carbocycles. The maximum atomic E-state index is 13.6. The third-order valence-electron chi connectivity index (χ3n) is 3.20. The molecule has 2 rings (SSSR count). The molecule has 0 amide bonds. The first kappa shape index (κ1) is 15.2. The molecule has 0 aromatic heterocycles. The summed E-state index contributed by atoms with van der Waals surface area (Å²) in [5.74, 6) is -0.221. The first-order valence-electron chi connectivity index (χ1n) is 6.77. The first-order valence-corrected chi connectivity index (χ1v) is 7.56. The van der Waals surface area contributed by atoms with Crippen molar-refractivity contribution in [3.8, 4) is 0 Å². The number of hydrogen-bond donors (Lipinski definition) is 1. The van der Waals surface area contributed by atoms with Crippen molar-refractivity contribution in [1.82, 2.24) is 5.32 Å². The summed E-state index contributed by atoms with van der Waals surface area (Å²) in [6, 6.07) is 11.5. The fraction of sp³-hybridized carbons (Fsp3) is 0.294. The summed E-state index contributed by atoms with van der Waals surface area (Å²) >= 11 is 3.37. The van der Waals surface area contributed by atoms with E-state index in [0.717, 1.165) is 16.6 Å². The molecule has 0 saturated heterocycles. The van der Waals surface area contributed by atoms with Gasteiger partial charge in [-0.2, -0.15) is 0 Å². The van der Waals surface area contributed by atoms with Crippen LogP contribution in [-0.2, 0) is 0 Å². The van der Waals surface area contributed by atoms with Gasteiger partial charge in [0.05, 0.1) is 6.04 Å². The van der Waals surface area contributed by atoms with Crippen molar-refractivity contribution in [3.05, 3.63) is 68.9 Å². The van der Waals surface area contributed by atoms with Gasteiger partial charge >= 0.3 is 0 Å². The Morgan fingerprint density at radius 1 is 1.00 bits per heavy atom. The lowest BCUT2D eigenvalue weighted by molar-refractivity contribution is 0.602. The molecule has 0 fully saturated rings. The normalized spacial score (nSPS) is 12.4. The van der Waals surface area contributed by atoms with E-state index in [2.05, 4.69) is 60.2 Å². The van der Waals surface area contributed by atoms with Gasteiger partial charge in [0.25, 0.3) is 0 Å². The van der Waals surface area contributed by atoms with Gasteiger partial charge in [0, 0.05) is 4.47 Å². The molecular weight excluding hydrogens is 317 g/mol. The largest absolute Gasteiger partial charge is 0.307 e. The molecule has 106 valence electrons. The number of halogens is 2. The molecule has 0 aliphatic heterocycles. The molecule has 1 N–H and O–H groups in total. The lowest BCUT2D eigenvalue weighted by atomic mass is 9.95. The minimum Gasteiger partial charge on any atom is -0.307 e. The molecule has 1 unspecified atom stereocenters. The van der Waals surface area contributed by atoms with Gasteiger partial charge in [-0.3, -0.25) is 0 Å². The predicted octanol–water partition coefficient (Wildman–Crippen LogP) is 4.90. The molecule has 1 nitrogen and oxygen atoms in total. The van der Waals surface area contributed by atoms with Gasteiger partial charge < -0.3 is 5.32 Å². The lowest BCUT2D eigenvalue weighted by Gasteiger charge is -2.20. The van der Waals surface area contributed by atoms with E-state index in [4.69, 9.17) is 0 Å². The molecular formula is C17H19BrFN. The van der Waals surface area contributed by atoms with Crippen LogP contribution in [0.1, 0.15) is 35.2 Å². The lowest BCUT2D eigenvalue weighted by Crippen LogP contribution is -2.22. The van der Waals surface area contributed by atoms with Crippen molar-refractivity contribution in [1.29, 1.82) is 0 Å². The second kappa shape index (κ2) is 6.51. The van der Waals surface area contributed by atoms with Crippen molar-refractivity contribution in [3.63, 3.8) is 0 Å². The van der Waals surface area contributed by atoms with Gasteiger partial charge in [-0.05, 0) is 49.7 Å². The fourth-order valence-electron chi connectivity index (χ4n) is 2.55. The van der Waals surface area contributed by atoms with E-state index in [1.165, 1.54) is 22.8 Å². The average molecular weight is 336 g/mol. The van der Waals surface area contributed by atoms with Crippen molar-refractivity contribution in [2.75, 3.05) is 6.54 Å². The molecule has 0 bridgehead atoms. The van der Waals surface area contributed by atoms with Crippen LogP contribution in [-0.4, -0.2) is 6.54 Å². The van der Waals surface area contributed by atoms with Gasteiger partial charge in [-0.15, -0.1) is 0 Å². The first-order chi connectivity index (χ1) is 9.49. The second-order valence-electron chi connectivity index (χ2n) is 5.11. The fourth-order valence-corrected chi connectivity index (χ4v) is 3.03. The Hall–Kier alpha value is -1.19. The molecule has 0 aliphatic rings. The van der Waals surface area contributed by atoms with Crippen LogP contribution in [0.25, 0.3) is 0 Å². The highest BCUT2D eigenvalue weighted by atomic mass is 79.9. The van der Waals surface area contributed by atoms with Crippen LogP contribution in [0.3, 0.4) is 0 Å². The third-order valence-corrected chi connectivity index (χ3v) is 3.66. The molecule has 2 aromatic carbocycles. The van der Waals surface area contributed by atoms with Crippen LogP contribution in [0.4, 0.5) is 4.39 Å². The Morgan fingerprint density at radius 3 is 2.15 bits per heavy atom. The minimum atomic E-state index is -0.221. The number of hydrogen-bond acceptors (Lipinski definition) is 1. The molecule has 3 heteroatoms. The van der Waals surface area contributed by atoms with E-state index in [1.807, 2.05) is 6.07 Å². The van der Waals surface area contributed by atoms with Gasteiger partial charge in [-0.25, -0.2) is 4.39 Å². The van der Waals surface area contributed by atoms with E-state index in [-0.39, 0.29) is 11.9 Å². The van der Waals surface area contributed by atoms with Crippen LogP contribution in [0.2, 0.25) is 0 Å². The van der Waals surface area contributed by atoms with E-state index >= 15 is 0 Å². The van der Waals surface area contributed by atoms with Crippen LogP contribution in [0.15, 0.2) is 40.9 Å². The molecule has 1 atom stereocenters. The van der Waals surface area contributed by atoms with Crippen molar-refractivity contribution in [2.24, 2.45) is 0 Å². The van der Waals surface area contributed by atoms with Crippen LogP contribution in [0.5, 0.6) is 0 Å². The van der Waals surface area contributed by atoms with Crippen LogP contribution in [0, 0.1) is 19.7 Å². The highest BCUT2D eigenvalue weighted by Gasteiger charge is 2.15. The minimum absolute atomic E-state index is 0.00519. The third kappa shape index (κ3) is 3.68. The van der Waals surface area contributed by atoms with Crippen LogP contribution < -0.4 is 5.32 Å². The Balaban J connectivity index is 2.49. The number of benzene rings is 2. The molecule has 0 saturated carbocycles. The van der Waals surface area contributed by atoms with Gasteiger partial charge in [-0.1, -0.05) is 52.2 Å². The molecule has 0 spiro atoms. The second-order valence-corrected chi connectivity index (χ2v) is 6.03. The number of aryl methyl sites for hydroxylation is 2. The summed E-state index contributed by atoms with van der Waals surface area (Å²) in [6.45, 7) is 7.05. The molecule has 20 heavy (non-hydrogen) atoms. The monoisotopic (exact) mass is 335 g/mol. The number of rotatable bonds is 4. The number of nitrogens with one attached hydrogen (secondary N) is 1. The van der Waals surface area contributed by atoms with Crippen molar-refractivity contribution >= 4 is 15.9 Å². The summed E-state index contributed by atoms with van der Waals surface area (Å²) in [6.07, 6.45) is 0. The van der Waals surface area contributed by atoms with Gasteiger partial charge in [0.15, 0.2) is 0 Å². The summed E-state index contributed by atoms with van der Waals surface area (Å²) in [7, 11) is 0. The van der Waals surface area contributed by atoms with Crippen molar-refractivity contribution in [2.45, 2.75) is 26.8 Å². The molecule has 0 heterocycles. The summed E-state index contributed by atoms with van der Waals surface area (Å²) in [4.78, 5) is 0. The Morgan fingerprint density at radius 2 is 1.60 bits per heavy atom. The van der Waals surface area contributed by atoms with E-state index in [9.17, 15) is 4.39 Å². The van der Waals surface area contributed by atoms with E-state index in [1.54, 1.807) is 6.07 Å². The maximum Gasteiger partial charge on any atom is 0.124 e. The SMILES string of the molecule is CCNC(c1cc(C)cc(C)c1)c1cc(F)cc(Br)c1. The van der Waals surface area contributed by atoms with Gasteiger partial charge in [0.2, 0.25) is 0 Å². The van der Waals surface area contributed by atoms with Crippen molar-refractivity contribution < 1.29 is 4.39 Å². The Labute approximate surface area is 128 Å². The van der Waals surface area contributed by atoms with Crippen LogP contribution >= 0.6 is 15.9 Å². The Bertz CT molecular complexity index is 518. The van der Waals surface area contributed by atoms with E-state index < -0.39 is 0 Å². The topological polar surface area (TPSA) is 12.0 Å². The highest BCUT2D eigenvalue weighted by Crippen LogP contribution is 2.27. The Kier molecular flexibility index (Phi) is 4.95. The average Bonchev–Trinajstić information content (AvgIpc) is 2.33. The summed E-state index contributed by atoms with van der Waals surface area (Å²) < 4.78 is 14.4. The van der Waals surface area contributed by atoms with Gasteiger partial charge in [0.1, 0.15) is 5.82 Å². The molecule has 0 radical (unpaired) electrons. The maximum absolute atomic E-state index is 13.6. The standard InChI is InChI=1S/C17H19BrFN/c1-4-20-17(13-6-11(2)5-12(3)7-13)14-8-15(18)10-16(19)9-14/h5-10,17,20H,4H2,1-3H3. The quantitative estimate of drug-likeness (QED) is 0.837. The van der Waals surface area contributed by atoms with E-state index in [0.29, 0.717) is 0 Å². The smallest absolute Gasteiger partial charge is 0.124 e. The summed E-state index contributed by atoms with van der Waals surface area (Å²) in [5.41, 5.74) is 4.54. The zero-order chi connectivity index (χ0) is 14.7. The zero-order valence-corrected chi connectivity index (χ0v) is 13.6. The molecule has 2 aromatic rings. The summed E-state index contributed by atoms with van der Waals surface area (Å²) in [5, 5.41) is 3.44. The predicted molar refractivity (Wildman–Crippen MR) is 85.5 cm³/mol. The highest BCUT2D eigenvalue weighted by molar-refractivity contribution is 9.10.